The van der Waals surface area contributed by atoms with Gasteiger partial charge in [-0.1, -0.05) is 0 Å². The van der Waals surface area contributed by atoms with E-state index in [0.29, 0.717) is 11.1 Å². The highest BCUT2D eigenvalue weighted by Gasteiger charge is 2.20. The molecule has 0 aliphatic rings. The number of halogens is 1. The Morgan fingerprint density at radius 1 is 1.41 bits per heavy atom. The number of hydrogen-bond donors (Lipinski definition) is 1. The van der Waals surface area contributed by atoms with E-state index in [1.165, 1.54) is 17.0 Å². The molecule has 0 saturated carbocycles. The van der Waals surface area contributed by atoms with Crippen LogP contribution in [0.3, 0.4) is 0 Å². The molecule has 0 atom stereocenters. The molecule has 0 heterocycles. The molecule has 0 saturated heterocycles. The molecule has 94 valence electrons. The van der Waals surface area contributed by atoms with Gasteiger partial charge in [-0.15, -0.1) is 0 Å². The van der Waals surface area contributed by atoms with E-state index in [0.717, 1.165) is 0 Å². The van der Waals surface area contributed by atoms with E-state index >= 15 is 0 Å². The van der Waals surface area contributed by atoms with Crippen molar-refractivity contribution in [3.05, 3.63) is 35.1 Å². The molecule has 0 aliphatic carbocycles. The van der Waals surface area contributed by atoms with E-state index < -0.39 is 11.4 Å². The van der Waals surface area contributed by atoms with Crippen molar-refractivity contribution in [2.45, 2.75) is 26.4 Å². The van der Waals surface area contributed by atoms with Gasteiger partial charge in [0, 0.05) is 19.2 Å². The Kier molecular flexibility index (Phi) is 3.88. The van der Waals surface area contributed by atoms with Crippen molar-refractivity contribution in [1.82, 2.24) is 4.90 Å². The minimum absolute atomic E-state index is 0.196. The number of amides is 1. The summed E-state index contributed by atoms with van der Waals surface area (Å²) in [5.41, 5.74) is 0.0338. The van der Waals surface area contributed by atoms with Gasteiger partial charge in [0.2, 0.25) is 0 Å². The second-order valence-corrected chi connectivity index (χ2v) is 4.99. The van der Waals surface area contributed by atoms with Crippen LogP contribution in [-0.4, -0.2) is 35.1 Å². The normalized spacial score (nSPS) is 11.4. The number of aryl methyl sites for hydroxylation is 1. The van der Waals surface area contributed by atoms with Crippen LogP contribution < -0.4 is 0 Å². The van der Waals surface area contributed by atoms with Crippen molar-refractivity contribution in [2.75, 3.05) is 13.6 Å². The first-order chi connectivity index (χ1) is 7.69. The molecule has 17 heavy (non-hydrogen) atoms. The number of carbonyl (C=O) groups is 1. The van der Waals surface area contributed by atoms with Crippen LogP contribution in [0.1, 0.15) is 29.8 Å². The lowest BCUT2D eigenvalue weighted by atomic mass is 10.1. The van der Waals surface area contributed by atoms with Crippen LogP contribution in [0.4, 0.5) is 4.39 Å². The van der Waals surface area contributed by atoms with E-state index in [1.807, 2.05) is 0 Å². The van der Waals surface area contributed by atoms with Crippen LogP contribution in [0, 0.1) is 12.7 Å². The van der Waals surface area contributed by atoms with Crippen molar-refractivity contribution in [2.24, 2.45) is 0 Å². The zero-order valence-corrected chi connectivity index (χ0v) is 10.6. The van der Waals surface area contributed by atoms with Crippen molar-refractivity contribution in [1.29, 1.82) is 0 Å². The van der Waals surface area contributed by atoms with E-state index in [9.17, 15) is 14.3 Å². The Labute approximate surface area is 101 Å². The number of carbonyl (C=O) groups excluding carboxylic acids is 1. The largest absolute Gasteiger partial charge is 0.389 e. The fraction of sp³-hybridized carbons (Fsp3) is 0.462. The lowest BCUT2D eigenvalue weighted by Gasteiger charge is -2.25. The van der Waals surface area contributed by atoms with Crippen molar-refractivity contribution in [3.8, 4) is 0 Å². The molecule has 0 radical (unpaired) electrons. The molecule has 0 aromatic heterocycles. The second kappa shape index (κ2) is 4.84. The van der Waals surface area contributed by atoms with Crippen LogP contribution >= 0.6 is 0 Å². The summed E-state index contributed by atoms with van der Waals surface area (Å²) in [4.78, 5) is 13.4. The van der Waals surface area contributed by atoms with E-state index in [-0.39, 0.29) is 12.5 Å². The maximum absolute atomic E-state index is 13.2. The summed E-state index contributed by atoms with van der Waals surface area (Å²) in [6, 6.07) is 4.20. The highest BCUT2D eigenvalue weighted by atomic mass is 19.1. The first kappa shape index (κ1) is 13.6. The first-order valence-corrected chi connectivity index (χ1v) is 5.44. The molecular weight excluding hydrogens is 221 g/mol. The van der Waals surface area contributed by atoms with Gasteiger partial charge in [-0.25, -0.2) is 4.39 Å². The van der Waals surface area contributed by atoms with Crippen LogP contribution in [0.25, 0.3) is 0 Å². The molecule has 0 fully saturated rings. The van der Waals surface area contributed by atoms with Crippen LogP contribution in [0.15, 0.2) is 18.2 Å². The molecular formula is C13H18FNO2. The Bertz CT molecular complexity index is 404. The summed E-state index contributed by atoms with van der Waals surface area (Å²) in [7, 11) is 1.58. The number of aliphatic hydroxyl groups is 1. The highest BCUT2D eigenvalue weighted by Crippen LogP contribution is 2.12. The zero-order chi connectivity index (χ0) is 13.2. The minimum Gasteiger partial charge on any atom is -0.389 e. The van der Waals surface area contributed by atoms with Crippen molar-refractivity contribution >= 4 is 5.91 Å². The van der Waals surface area contributed by atoms with Gasteiger partial charge in [-0.2, -0.15) is 0 Å². The molecule has 0 spiro atoms. The minimum atomic E-state index is -0.965. The van der Waals surface area contributed by atoms with Crippen LogP contribution in [0.2, 0.25) is 0 Å². The highest BCUT2D eigenvalue weighted by molar-refractivity contribution is 5.94. The van der Waals surface area contributed by atoms with E-state index in [1.54, 1.807) is 33.9 Å². The monoisotopic (exact) mass is 239 g/mol. The quantitative estimate of drug-likeness (QED) is 0.876. The SMILES string of the molecule is Cc1cc(F)cc(C(=O)N(C)CC(C)(C)O)c1. The van der Waals surface area contributed by atoms with Crippen molar-refractivity contribution < 1.29 is 14.3 Å². The van der Waals surface area contributed by atoms with Crippen LogP contribution in [0.5, 0.6) is 0 Å². The van der Waals surface area contributed by atoms with Gasteiger partial charge in [-0.05, 0) is 44.5 Å². The molecule has 0 unspecified atom stereocenters. The number of likely N-dealkylation sites (N-methyl/N-ethyl adjacent to an activating group) is 1. The van der Waals surface area contributed by atoms with Gasteiger partial charge in [0.15, 0.2) is 0 Å². The van der Waals surface area contributed by atoms with E-state index in [2.05, 4.69) is 0 Å². The fourth-order valence-corrected chi connectivity index (χ4v) is 1.73. The van der Waals surface area contributed by atoms with Gasteiger partial charge in [-0.3, -0.25) is 4.79 Å². The summed E-state index contributed by atoms with van der Waals surface area (Å²) in [5.74, 6) is -0.722. The molecule has 1 N–H and O–H groups in total. The predicted octanol–water partition coefficient (Wildman–Crippen LogP) is 1.98. The maximum Gasteiger partial charge on any atom is 0.253 e. The third-order valence-corrected chi connectivity index (χ3v) is 2.26. The summed E-state index contributed by atoms with van der Waals surface area (Å²) < 4.78 is 13.2. The molecule has 0 bridgehead atoms. The zero-order valence-electron chi connectivity index (χ0n) is 10.6. The molecule has 3 nitrogen and oxygen atoms in total. The standard InChI is InChI=1S/C13H18FNO2/c1-9-5-10(7-11(14)6-9)12(16)15(4)8-13(2,3)17/h5-7,17H,8H2,1-4H3. The Hall–Kier alpha value is -1.42. The summed E-state index contributed by atoms with van der Waals surface area (Å²) >= 11 is 0. The topological polar surface area (TPSA) is 40.5 Å². The lowest BCUT2D eigenvalue weighted by Crippen LogP contribution is -2.39. The summed E-state index contributed by atoms with van der Waals surface area (Å²) in [6.07, 6.45) is 0. The second-order valence-electron chi connectivity index (χ2n) is 4.99. The third kappa shape index (κ3) is 4.15. The van der Waals surface area contributed by atoms with Gasteiger partial charge in [0.05, 0.1) is 5.60 Å². The van der Waals surface area contributed by atoms with Gasteiger partial charge >= 0.3 is 0 Å². The summed E-state index contributed by atoms with van der Waals surface area (Å²) in [5, 5.41) is 9.63. The Morgan fingerprint density at radius 3 is 2.47 bits per heavy atom. The number of benzene rings is 1. The molecule has 1 amide bonds. The van der Waals surface area contributed by atoms with E-state index in [4.69, 9.17) is 0 Å². The summed E-state index contributed by atoms with van der Waals surface area (Å²) in [6.45, 7) is 5.17. The average Bonchev–Trinajstić information content (AvgIpc) is 2.12. The fourth-order valence-electron chi connectivity index (χ4n) is 1.73. The number of rotatable bonds is 3. The van der Waals surface area contributed by atoms with Gasteiger partial charge < -0.3 is 10.0 Å². The smallest absolute Gasteiger partial charge is 0.253 e. The third-order valence-electron chi connectivity index (χ3n) is 2.26. The predicted molar refractivity (Wildman–Crippen MR) is 64.4 cm³/mol. The molecule has 4 heteroatoms. The van der Waals surface area contributed by atoms with Crippen molar-refractivity contribution in [3.63, 3.8) is 0 Å². The lowest BCUT2D eigenvalue weighted by molar-refractivity contribution is 0.0367. The first-order valence-electron chi connectivity index (χ1n) is 5.44. The Morgan fingerprint density at radius 2 is 2.00 bits per heavy atom. The van der Waals surface area contributed by atoms with Gasteiger partial charge in [0.1, 0.15) is 5.82 Å². The van der Waals surface area contributed by atoms with Crippen LogP contribution in [-0.2, 0) is 0 Å². The molecule has 1 rings (SSSR count). The number of nitrogens with zero attached hydrogens (tertiary/aromatic N) is 1. The Balaban J connectivity index is 2.89. The number of hydrogen-bond acceptors (Lipinski definition) is 2. The molecule has 1 aromatic carbocycles. The maximum atomic E-state index is 13.2. The molecule has 0 aliphatic heterocycles. The molecule has 1 aromatic rings. The average molecular weight is 239 g/mol. The van der Waals surface area contributed by atoms with Gasteiger partial charge in [0.25, 0.3) is 5.91 Å².